The van der Waals surface area contributed by atoms with Crippen molar-refractivity contribution in [1.29, 1.82) is 0 Å². The van der Waals surface area contributed by atoms with Gasteiger partial charge in [-0.1, -0.05) is 0 Å². The molecule has 0 bridgehead atoms. The van der Waals surface area contributed by atoms with Crippen LogP contribution in [0.5, 0.6) is 0 Å². The maximum atomic E-state index is 8.97. The van der Waals surface area contributed by atoms with E-state index in [1.807, 2.05) is 0 Å². The second kappa shape index (κ2) is 3.36. The van der Waals surface area contributed by atoms with Crippen molar-refractivity contribution in [1.82, 2.24) is 0 Å². The minimum Gasteiger partial charge on any atom is -0.414 e. The first-order valence-corrected chi connectivity index (χ1v) is 7.07. The maximum Gasteiger partial charge on any atom is 0.368 e. The summed E-state index contributed by atoms with van der Waals surface area (Å²) in [4.78, 5) is 17.6. The molecule has 0 saturated heterocycles. The first-order chi connectivity index (χ1) is 3.42. The SMILES string of the molecule is C[Si](O)O[Si](C)(C)O.[Rf]. The summed E-state index contributed by atoms with van der Waals surface area (Å²) >= 11 is 0. The van der Waals surface area contributed by atoms with Gasteiger partial charge in [-0.15, -0.1) is 0 Å². The van der Waals surface area contributed by atoms with E-state index in [1.165, 1.54) is 0 Å². The zero-order valence-electron chi connectivity index (χ0n) is 6.01. The molecule has 51 valence electrons. The molecule has 0 aliphatic carbocycles. The van der Waals surface area contributed by atoms with Crippen LogP contribution in [-0.4, -0.2) is 27.4 Å². The van der Waals surface area contributed by atoms with Gasteiger partial charge >= 0.3 is 17.8 Å². The smallest absolute Gasteiger partial charge is 0.368 e. The van der Waals surface area contributed by atoms with Gasteiger partial charge in [0.25, 0.3) is 0 Å². The van der Waals surface area contributed by atoms with Crippen LogP contribution in [0.2, 0.25) is 19.6 Å². The zero-order valence-corrected chi connectivity index (χ0v) is 14.4. The van der Waals surface area contributed by atoms with Crippen LogP contribution in [0.4, 0.5) is 0 Å². The zero-order chi connectivity index (χ0) is 6.78. The van der Waals surface area contributed by atoms with E-state index in [9.17, 15) is 0 Å². The molecule has 6 heteroatoms. The Balaban J connectivity index is 0. The molecule has 1 radical (unpaired) electrons. The first kappa shape index (κ1) is 11.2. The standard InChI is InChI=1S/C3H11O3Si2.Rf/c1-7(4)6-8(2,3)5;/h4-5H,1-3H3;. The van der Waals surface area contributed by atoms with Crippen LogP contribution in [0, 0.1) is 0 Å². The van der Waals surface area contributed by atoms with Crippen molar-refractivity contribution in [2.75, 3.05) is 0 Å². The summed E-state index contributed by atoms with van der Waals surface area (Å²) in [6.45, 7) is 4.82. The molecule has 0 amide bonds. The Bertz CT molecular complexity index is 71.9. The second-order valence-electron chi connectivity index (χ2n) is 2.07. The summed E-state index contributed by atoms with van der Waals surface area (Å²) in [7, 11) is -4.11. The van der Waals surface area contributed by atoms with Crippen molar-refractivity contribution < 1.29 is 13.7 Å². The van der Waals surface area contributed by atoms with Gasteiger partial charge in [0.05, 0.1) is 0 Å². The molecule has 0 heterocycles. The van der Waals surface area contributed by atoms with Gasteiger partial charge in [-0.2, -0.15) is 0 Å². The van der Waals surface area contributed by atoms with Gasteiger partial charge in [0.15, 0.2) is 0 Å². The van der Waals surface area contributed by atoms with E-state index in [1.54, 1.807) is 19.6 Å². The van der Waals surface area contributed by atoms with E-state index in [0.29, 0.717) is 0 Å². The van der Waals surface area contributed by atoms with Crippen molar-refractivity contribution >= 4 is 17.8 Å². The molecule has 0 spiro atoms. The van der Waals surface area contributed by atoms with E-state index in [-0.39, 0.29) is 0 Å². The maximum absolute atomic E-state index is 8.97. The second-order valence-corrected chi connectivity index (χ2v) is 6.82. The third-order valence-corrected chi connectivity index (χ3v) is 3.58. The Labute approximate surface area is 52.0 Å². The summed E-state index contributed by atoms with van der Waals surface area (Å²) < 4.78 is 4.79. The van der Waals surface area contributed by atoms with Gasteiger partial charge in [0.1, 0.15) is 0 Å². The monoisotopic (exact) mass is 418 g/mol. The molecule has 0 aliphatic rings. The van der Waals surface area contributed by atoms with Crippen LogP contribution >= 0.6 is 0 Å². The molecule has 0 aromatic rings. The van der Waals surface area contributed by atoms with Crippen molar-refractivity contribution in [3.8, 4) is 0 Å². The molecule has 0 aliphatic heterocycles. The molecule has 3 nitrogen and oxygen atoms in total. The van der Waals surface area contributed by atoms with Crippen molar-refractivity contribution in [3.63, 3.8) is 0 Å². The topological polar surface area (TPSA) is 49.7 Å². The summed E-state index contributed by atoms with van der Waals surface area (Å²) in [5.41, 5.74) is 0. The van der Waals surface area contributed by atoms with Crippen molar-refractivity contribution in [2.24, 2.45) is 0 Å². The summed E-state index contributed by atoms with van der Waals surface area (Å²) in [5, 5.41) is 0. The Morgan fingerprint density at radius 3 is 1.78 bits per heavy atom. The molecule has 9 heavy (non-hydrogen) atoms. The normalized spacial score (nSPS) is 11.3. The molecular weight excluding hydrogens is 407 g/mol. The molecule has 0 aromatic carbocycles. The van der Waals surface area contributed by atoms with E-state index in [4.69, 9.17) is 13.7 Å². The summed E-state index contributed by atoms with van der Waals surface area (Å²) in [5.74, 6) is 0. The predicted octanol–water partition coefficient (Wildman–Crippen LogP) is -0.193. The van der Waals surface area contributed by atoms with Gasteiger partial charge in [0, 0.05) is 0 Å². The third-order valence-electron chi connectivity index (χ3n) is 0.397. The van der Waals surface area contributed by atoms with Gasteiger partial charge in [-0.25, -0.2) is 0 Å². The fourth-order valence-corrected chi connectivity index (χ4v) is 3.25. The predicted molar refractivity (Wildman–Crippen MR) is 34.6 cm³/mol. The average Bonchev–Trinajstić information content (AvgIpc) is 1.21. The molecule has 0 unspecified atom stereocenters. The minimum atomic E-state index is -2.43. The van der Waals surface area contributed by atoms with Gasteiger partial charge < -0.3 is 13.7 Å². The quantitative estimate of drug-likeness (QED) is 0.612. The van der Waals surface area contributed by atoms with Crippen LogP contribution in [0.25, 0.3) is 0 Å². The van der Waals surface area contributed by atoms with Gasteiger partial charge in [-0.05, 0) is 19.6 Å². The molecule has 2 N–H and O–H groups in total. The Kier molecular flexibility index (Phi) is 4.17. The van der Waals surface area contributed by atoms with Crippen LogP contribution in [0.15, 0.2) is 0 Å². The average molecular weight is 418 g/mol. The summed E-state index contributed by atoms with van der Waals surface area (Å²) in [6.07, 6.45) is 0. The van der Waals surface area contributed by atoms with Crippen LogP contribution in [0.3, 0.4) is 0 Å². The van der Waals surface area contributed by atoms with Crippen LogP contribution in [0.1, 0.15) is 0 Å². The largest absolute Gasteiger partial charge is 0.414 e. The van der Waals surface area contributed by atoms with Crippen molar-refractivity contribution in [2.45, 2.75) is 19.6 Å². The van der Waals surface area contributed by atoms with Crippen LogP contribution < -0.4 is 0 Å². The molecule has 0 atom stereocenters. The van der Waals surface area contributed by atoms with E-state index in [2.05, 4.69) is 0 Å². The van der Waals surface area contributed by atoms with Gasteiger partial charge in [-0.3, -0.25) is 0 Å². The molecule has 0 aromatic heterocycles. The molecule has 0 rings (SSSR count). The number of hydrogen-bond acceptors (Lipinski definition) is 3. The Morgan fingerprint density at radius 1 is 1.44 bits per heavy atom. The van der Waals surface area contributed by atoms with Crippen molar-refractivity contribution in [3.05, 3.63) is 0 Å². The first-order valence-electron chi connectivity index (χ1n) is 2.36. The summed E-state index contributed by atoms with van der Waals surface area (Å²) in [6, 6.07) is 0. The fourth-order valence-electron chi connectivity index (χ4n) is 0.361. The van der Waals surface area contributed by atoms with E-state index < -0.39 is 17.8 Å². The Hall–Kier alpha value is -0.686. The van der Waals surface area contributed by atoms with Crippen LogP contribution in [-0.2, 0) is 4.12 Å². The fraction of sp³-hybridized carbons (Fsp3) is 1.00. The third kappa shape index (κ3) is 11.1. The number of hydrogen-bond donors (Lipinski definition) is 2. The molecular formula is C3H11O3RfSi2. The van der Waals surface area contributed by atoms with E-state index >= 15 is 0 Å². The minimum absolute atomic E-state index is 0. The molecule has 0 saturated carbocycles. The van der Waals surface area contributed by atoms with E-state index in [0.717, 1.165) is 0 Å². The van der Waals surface area contributed by atoms with Gasteiger partial charge in [0.2, 0.25) is 0 Å². The Morgan fingerprint density at radius 2 is 1.78 bits per heavy atom. The molecule has 0 fully saturated rings. The number of rotatable bonds is 2.